The van der Waals surface area contributed by atoms with E-state index in [9.17, 15) is 0 Å². The van der Waals surface area contributed by atoms with Crippen molar-refractivity contribution < 1.29 is 0 Å². The number of nitrogens with zero attached hydrogens (tertiary/aromatic N) is 10. The van der Waals surface area contributed by atoms with E-state index in [4.69, 9.17) is 39.9 Å². The monoisotopic (exact) mass is 1450 g/mol. The van der Waals surface area contributed by atoms with E-state index in [2.05, 4.69) is 337 Å². The molecule has 0 N–H and O–H groups in total. The Morgan fingerprint density at radius 3 is 0.807 bits per heavy atom. The second kappa shape index (κ2) is 28.5. The Kier molecular flexibility index (Phi) is 16.7. The first-order valence-corrected chi connectivity index (χ1v) is 38.3. The maximum Gasteiger partial charge on any atom is 0.164 e. The van der Waals surface area contributed by atoms with Crippen LogP contribution in [0, 0.1) is 0 Å². The molecule has 0 bridgehead atoms. The van der Waals surface area contributed by atoms with E-state index in [1.54, 1.807) is 0 Å². The summed E-state index contributed by atoms with van der Waals surface area (Å²) in [6, 6.07) is 139. The molecule has 0 spiro atoms. The molecule has 0 aliphatic carbocycles. The van der Waals surface area contributed by atoms with Gasteiger partial charge in [-0.2, -0.15) is 0 Å². The van der Waals surface area contributed by atoms with Crippen molar-refractivity contribution in [2.45, 2.75) is 0 Å². The van der Waals surface area contributed by atoms with Crippen LogP contribution in [-0.4, -0.2) is 49.0 Å². The van der Waals surface area contributed by atoms with E-state index in [0.717, 1.165) is 144 Å². The average Bonchev–Trinajstić information content (AvgIpc) is 1.08. The molecule has 532 valence electrons. The maximum atomic E-state index is 5.30. The summed E-state index contributed by atoms with van der Waals surface area (Å²) in [5.41, 5.74) is 22.7. The molecule has 10 heteroatoms. The van der Waals surface area contributed by atoms with Gasteiger partial charge in [0.25, 0.3) is 0 Å². The van der Waals surface area contributed by atoms with Crippen LogP contribution in [-0.2, 0) is 0 Å². The van der Waals surface area contributed by atoms with Crippen LogP contribution in [0.2, 0.25) is 0 Å². The van der Waals surface area contributed by atoms with E-state index in [1.165, 1.54) is 32.6 Å². The first kappa shape index (κ1) is 66.7. The van der Waals surface area contributed by atoms with Gasteiger partial charge in [-0.3, -0.25) is 0 Å². The van der Waals surface area contributed by atoms with Crippen LogP contribution >= 0.6 is 0 Å². The van der Waals surface area contributed by atoms with E-state index in [1.807, 2.05) is 72.8 Å². The number of hydrogen-bond acceptors (Lipinski definition) is 8. The summed E-state index contributed by atoms with van der Waals surface area (Å²) in [4.78, 5) is 41.4. The SMILES string of the molecule is c1ccc(-c2nc(-c3ccc(-n4c5ccccc5c5ccccc54)cc3)nc(-c3ccc4nc(-c5ccccc5)c5cccc(-c6ccccc6)c5c4c3)n2)cc1.c1ccc(-c2nc(-c3cccc(-n4c5ccccc5c5ccccc54)c3)nc(-c3ccc4nc(-c5ccccc5)c5cccc(-c6ccccc6)c5c4c3)n2)cc1. The first-order valence-electron chi connectivity index (χ1n) is 38.3. The number of fused-ring (bicyclic) bond motifs is 12. The fraction of sp³-hybridized carbons (Fsp3) is 0. The molecule has 22 rings (SSSR count). The Hall–Kier alpha value is -15.5. The molecule has 0 radical (unpaired) electrons. The molecule has 0 atom stereocenters. The highest BCUT2D eigenvalue weighted by Gasteiger charge is 2.23. The van der Waals surface area contributed by atoms with Gasteiger partial charge in [-0.15, -0.1) is 0 Å². The van der Waals surface area contributed by atoms with Gasteiger partial charge < -0.3 is 9.13 Å². The van der Waals surface area contributed by atoms with Crippen LogP contribution in [0.15, 0.2) is 400 Å². The summed E-state index contributed by atoms with van der Waals surface area (Å²) in [5, 5.41) is 11.5. The van der Waals surface area contributed by atoms with Crippen molar-refractivity contribution in [1.82, 2.24) is 49.0 Å². The minimum absolute atomic E-state index is 0.598. The molecule has 0 saturated heterocycles. The molecular weight excluding hydrogens is 1390 g/mol. The van der Waals surface area contributed by atoms with Crippen LogP contribution < -0.4 is 0 Å². The van der Waals surface area contributed by atoms with Gasteiger partial charge in [0.15, 0.2) is 34.9 Å². The van der Waals surface area contributed by atoms with Crippen molar-refractivity contribution in [1.29, 1.82) is 0 Å². The van der Waals surface area contributed by atoms with E-state index in [0.29, 0.717) is 34.9 Å². The first-order chi connectivity index (χ1) is 56.5. The number of aromatic nitrogens is 10. The van der Waals surface area contributed by atoms with Gasteiger partial charge >= 0.3 is 0 Å². The van der Waals surface area contributed by atoms with Crippen molar-refractivity contribution in [2.75, 3.05) is 0 Å². The molecule has 16 aromatic carbocycles. The molecule has 114 heavy (non-hydrogen) atoms. The molecule has 6 heterocycles. The van der Waals surface area contributed by atoms with Gasteiger partial charge in [0, 0.05) is 110 Å². The number of hydrogen-bond donors (Lipinski definition) is 0. The molecule has 22 aromatic rings. The number of benzene rings is 16. The molecule has 0 saturated carbocycles. The third-order valence-electron chi connectivity index (χ3n) is 21.7. The van der Waals surface area contributed by atoms with Crippen LogP contribution in [0.5, 0.6) is 0 Å². The summed E-state index contributed by atoms with van der Waals surface area (Å²) in [6.07, 6.45) is 0. The highest BCUT2D eigenvalue weighted by Crippen LogP contribution is 2.44. The van der Waals surface area contributed by atoms with Gasteiger partial charge in [-0.1, -0.05) is 303 Å². The van der Waals surface area contributed by atoms with Crippen molar-refractivity contribution in [3.8, 4) is 124 Å². The van der Waals surface area contributed by atoms with Gasteiger partial charge in [-0.05, 0) is 119 Å². The third-order valence-corrected chi connectivity index (χ3v) is 21.7. The highest BCUT2D eigenvalue weighted by atomic mass is 15.1. The van der Waals surface area contributed by atoms with Crippen molar-refractivity contribution in [3.63, 3.8) is 0 Å². The van der Waals surface area contributed by atoms with E-state index >= 15 is 0 Å². The minimum atomic E-state index is 0.598. The van der Waals surface area contributed by atoms with Gasteiger partial charge in [0.05, 0.1) is 44.5 Å². The Labute approximate surface area is 656 Å². The Morgan fingerprint density at radius 2 is 0.430 bits per heavy atom. The Morgan fingerprint density at radius 1 is 0.158 bits per heavy atom. The van der Waals surface area contributed by atoms with Gasteiger partial charge in [0.2, 0.25) is 0 Å². The lowest BCUT2D eigenvalue weighted by Crippen LogP contribution is -2.01. The van der Waals surface area contributed by atoms with Crippen LogP contribution in [0.3, 0.4) is 0 Å². The summed E-state index contributed by atoms with van der Waals surface area (Å²) in [5.74, 6) is 3.65. The van der Waals surface area contributed by atoms with E-state index < -0.39 is 0 Å². The fourth-order valence-electron chi connectivity index (χ4n) is 16.4. The molecule has 0 amide bonds. The highest BCUT2D eigenvalue weighted by molar-refractivity contribution is 6.19. The number of pyridine rings is 2. The zero-order chi connectivity index (χ0) is 75.4. The standard InChI is InChI=1S/2C52H33N5/c1-4-16-34(17-5-1)40-26-15-27-43-48(40)44-33-38(30-31-45(44)53-49(43)35-18-6-2-7-19-35)52-55-50(36-20-8-3-9-21-36)54-51(56-52)37-22-14-23-39(32-37)57-46-28-12-10-24-41(46)42-25-11-13-29-47(42)57;1-4-15-34(16-5-1)40-23-14-24-43-48(40)44-33-38(29-32-45(44)53-49(43)35-17-6-2-7-18-35)52-55-50(36-19-8-3-9-20-36)54-51(56-52)37-27-30-39(31-28-37)57-46-25-12-10-21-41(46)42-22-11-13-26-47(42)57/h2*1-33H. The Balaban J connectivity index is 0.000000143. The number of para-hydroxylation sites is 4. The van der Waals surface area contributed by atoms with Crippen molar-refractivity contribution in [2.24, 2.45) is 0 Å². The summed E-state index contributed by atoms with van der Waals surface area (Å²) < 4.78 is 4.65. The smallest absolute Gasteiger partial charge is 0.164 e. The second-order valence-electron chi connectivity index (χ2n) is 28.5. The van der Waals surface area contributed by atoms with Gasteiger partial charge in [-0.25, -0.2) is 39.9 Å². The quantitative estimate of drug-likeness (QED) is 0.111. The molecule has 0 aliphatic heterocycles. The lowest BCUT2D eigenvalue weighted by atomic mass is 9.92. The average molecular weight is 1460 g/mol. The predicted molar refractivity (Wildman–Crippen MR) is 468 cm³/mol. The van der Waals surface area contributed by atoms with Crippen LogP contribution in [0.1, 0.15) is 0 Å². The summed E-state index contributed by atoms with van der Waals surface area (Å²) >= 11 is 0. The zero-order valence-electron chi connectivity index (χ0n) is 61.6. The molecule has 0 fully saturated rings. The van der Waals surface area contributed by atoms with Crippen molar-refractivity contribution >= 4 is 87.0 Å². The molecule has 10 nitrogen and oxygen atoms in total. The van der Waals surface area contributed by atoms with Crippen molar-refractivity contribution in [3.05, 3.63) is 400 Å². The lowest BCUT2D eigenvalue weighted by Gasteiger charge is -2.15. The number of rotatable bonds is 12. The van der Waals surface area contributed by atoms with Crippen LogP contribution in [0.4, 0.5) is 0 Å². The fourth-order valence-corrected chi connectivity index (χ4v) is 16.4. The summed E-state index contributed by atoms with van der Waals surface area (Å²) in [6.45, 7) is 0. The topological polar surface area (TPSA) is 113 Å². The van der Waals surface area contributed by atoms with Crippen LogP contribution in [0.25, 0.3) is 211 Å². The zero-order valence-corrected chi connectivity index (χ0v) is 61.6. The molecule has 6 aromatic heterocycles. The second-order valence-corrected chi connectivity index (χ2v) is 28.5. The molecule has 0 unspecified atom stereocenters. The van der Waals surface area contributed by atoms with E-state index in [-0.39, 0.29) is 0 Å². The normalized spacial score (nSPS) is 11.5. The lowest BCUT2D eigenvalue weighted by molar-refractivity contribution is 1.07. The third kappa shape index (κ3) is 12.0. The predicted octanol–water partition coefficient (Wildman–Crippen LogP) is 26.0. The van der Waals surface area contributed by atoms with Gasteiger partial charge in [0.1, 0.15) is 0 Å². The Bertz CT molecular complexity index is 7330. The molecule has 0 aliphatic rings. The summed E-state index contributed by atoms with van der Waals surface area (Å²) in [7, 11) is 0. The largest absolute Gasteiger partial charge is 0.309 e. The minimum Gasteiger partial charge on any atom is -0.309 e. The maximum absolute atomic E-state index is 5.30. The molecular formula is C104H66N10.